The molecule has 0 saturated carbocycles. The van der Waals surface area contributed by atoms with Crippen LogP contribution in [0, 0.1) is 5.92 Å². The van der Waals surface area contributed by atoms with Crippen molar-refractivity contribution in [3.05, 3.63) is 114 Å². The van der Waals surface area contributed by atoms with E-state index in [2.05, 4.69) is 0 Å². The molecule has 2 amide bonds. The molecule has 0 spiro atoms. The molecule has 0 aliphatic carbocycles. The van der Waals surface area contributed by atoms with Crippen molar-refractivity contribution in [3.63, 3.8) is 0 Å². The minimum atomic E-state index is -1.06. The van der Waals surface area contributed by atoms with E-state index in [9.17, 15) is 14.4 Å². The van der Waals surface area contributed by atoms with E-state index < -0.39 is 35.8 Å². The zero-order valence-electron chi connectivity index (χ0n) is 23.0. The summed E-state index contributed by atoms with van der Waals surface area (Å²) >= 11 is 0. The van der Waals surface area contributed by atoms with Gasteiger partial charge in [-0.05, 0) is 61.0 Å². The Kier molecular flexibility index (Phi) is 7.33. The number of hydroxylamine groups is 1. The van der Waals surface area contributed by atoms with Gasteiger partial charge in [-0.25, -0.2) is 14.8 Å². The molecule has 0 radical (unpaired) electrons. The van der Waals surface area contributed by atoms with Crippen LogP contribution in [0.15, 0.2) is 103 Å². The molecule has 6 rings (SSSR count). The third-order valence-corrected chi connectivity index (χ3v) is 7.27. The van der Waals surface area contributed by atoms with E-state index in [-0.39, 0.29) is 5.75 Å². The Morgan fingerprint density at radius 2 is 1.50 bits per heavy atom. The summed E-state index contributed by atoms with van der Waals surface area (Å²) in [6.45, 7) is 2.21. The zero-order valence-corrected chi connectivity index (χ0v) is 23.0. The molecule has 0 aromatic heterocycles. The largest absolute Gasteiger partial charge is 0.493 e. The molecule has 2 aliphatic rings. The highest BCUT2D eigenvalue weighted by atomic mass is 16.7. The number of carbonyl (C=O) groups is 3. The molecule has 9 nitrogen and oxygen atoms in total. The van der Waals surface area contributed by atoms with Crippen molar-refractivity contribution in [1.82, 2.24) is 0 Å². The number of para-hydroxylation sites is 3. The van der Waals surface area contributed by atoms with Crippen LogP contribution in [-0.2, 0) is 14.4 Å². The Hall–Kier alpha value is -5.15. The molecule has 3 atom stereocenters. The van der Waals surface area contributed by atoms with Crippen molar-refractivity contribution in [3.8, 4) is 17.2 Å². The molecular weight excluding hydrogens is 536 g/mol. The van der Waals surface area contributed by atoms with Crippen LogP contribution in [0.25, 0.3) is 0 Å². The van der Waals surface area contributed by atoms with Gasteiger partial charge < -0.3 is 14.2 Å². The number of nitrogens with zero attached hydrogens (tertiary/aromatic N) is 2. The number of esters is 1. The zero-order chi connectivity index (χ0) is 29.2. The van der Waals surface area contributed by atoms with Crippen molar-refractivity contribution < 1.29 is 33.4 Å². The first kappa shape index (κ1) is 27.0. The fourth-order valence-corrected chi connectivity index (χ4v) is 5.39. The van der Waals surface area contributed by atoms with Crippen LogP contribution in [0.4, 0.5) is 11.4 Å². The molecule has 2 saturated heterocycles. The maximum absolute atomic E-state index is 14.1. The molecule has 4 aromatic rings. The van der Waals surface area contributed by atoms with E-state index in [4.69, 9.17) is 19.0 Å². The van der Waals surface area contributed by atoms with E-state index in [1.165, 1.54) is 7.11 Å². The summed E-state index contributed by atoms with van der Waals surface area (Å²) in [6, 6.07) is 29.2. The standard InChI is InChI=1S/C33H28N2O7/c1-3-40-25-17-11-10-16-24(25)34-31(36)28-29(35(42-30(28)32(34)37)23-14-8-5-9-15-23)22-18-19-26(27(20-22)39-2)41-33(38)21-12-6-4-7-13-21/h4-20,28-30H,3H2,1-2H3/t28-,29-,30-/m0/s1. The van der Waals surface area contributed by atoms with Gasteiger partial charge in [-0.3, -0.25) is 14.4 Å². The van der Waals surface area contributed by atoms with Crippen LogP contribution in [-0.4, -0.2) is 37.6 Å². The molecule has 2 aliphatic heterocycles. The van der Waals surface area contributed by atoms with Crippen molar-refractivity contribution in [1.29, 1.82) is 0 Å². The van der Waals surface area contributed by atoms with Gasteiger partial charge in [0.2, 0.25) is 5.91 Å². The van der Waals surface area contributed by atoms with E-state index >= 15 is 0 Å². The lowest BCUT2D eigenvalue weighted by molar-refractivity contribution is -0.126. The summed E-state index contributed by atoms with van der Waals surface area (Å²) in [6.07, 6.45) is -1.06. The van der Waals surface area contributed by atoms with E-state index in [0.29, 0.717) is 40.6 Å². The lowest BCUT2D eigenvalue weighted by atomic mass is 9.90. The van der Waals surface area contributed by atoms with E-state index in [1.54, 1.807) is 71.8 Å². The van der Waals surface area contributed by atoms with Gasteiger partial charge in [-0.15, -0.1) is 0 Å². The Bertz CT molecular complexity index is 1630. The number of amides is 2. The first-order valence-corrected chi connectivity index (χ1v) is 13.6. The van der Waals surface area contributed by atoms with Crippen LogP contribution in [0.3, 0.4) is 0 Å². The Balaban J connectivity index is 1.38. The van der Waals surface area contributed by atoms with Crippen LogP contribution in [0.5, 0.6) is 17.2 Å². The van der Waals surface area contributed by atoms with Crippen molar-refractivity contribution in [2.75, 3.05) is 23.7 Å². The van der Waals surface area contributed by atoms with Gasteiger partial charge in [0.25, 0.3) is 5.91 Å². The molecule has 4 aromatic carbocycles. The third kappa shape index (κ3) is 4.73. The number of ether oxygens (including phenoxy) is 3. The average molecular weight is 565 g/mol. The predicted molar refractivity (Wildman–Crippen MR) is 155 cm³/mol. The van der Waals surface area contributed by atoms with Crippen LogP contribution in [0.2, 0.25) is 0 Å². The molecule has 0 N–H and O–H groups in total. The highest BCUT2D eigenvalue weighted by Gasteiger charge is 2.60. The van der Waals surface area contributed by atoms with Crippen LogP contribution in [0.1, 0.15) is 28.9 Å². The Labute approximate surface area is 242 Å². The predicted octanol–water partition coefficient (Wildman–Crippen LogP) is 5.36. The average Bonchev–Trinajstić information content (AvgIpc) is 3.54. The molecular formula is C33H28N2O7. The number of methoxy groups -OCH3 is 1. The highest BCUT2D eigenvalue weighted by Crippen LogP contribution is 2.49. The second kappa shape index (κ2) is 11.4. The fraction of sp³-hybridized carbons (Fsp3) is 0.182. The van der Waals surface area contributed by atoms with Crippen molar-refractivity contribution in [2.45, 2.75) is 19.1 Å². The fourth-order valence-electron chi connectivity index (χ4n) is 5.39. The number of anilines is 2. The molecule has 2 fully saturated rings. The maximum Gasteiger partial charge on any atom is 0.343 e. The normalized spacial score (nSPS) is 19.5. The van der Waals surface area contributed by atoms with E-state index in [1.807, 2.05) is 43.3 Å². The van der Waals surface area contributed by atoms with Crippen LogP contribution >= 0.6 is 0 Å². The number of carbonyl (C=O) groups excluding carboxylic acids is 3. The number of rotatable bonds is 8. The van der Waals surface area contributed by atoms with Crippen LogP contribution < -0.4 is 24.2 Å². The van der Waals surface area contributed by atoms with Gasteiger partial charge in [0, 0.05) is 0 Å². The van der Waals surface area contributed by atoms with Gasteiger partial charge >= 0.3 is 5.97 Å². The number of fused-ring (bicyclic) bond motifs is 1. The smallest absolute Gasteiger partial charge is 0.343 e. The third-order valence-electron chi connectivity index (χ3n) is 7.27. The first-order chi connectivity index (χ1) is 20.5. The summed E-state index contributed by atoms with van der Waals surface area (Å²) in [7, 11) is 1.47. The molecule has 212 valence electrons. The lowest BCUT2D eigenvalue weighted by Gasteiger charge is -2.29. The monoisotopic (exact) mass is 564 g/mol. The highest BCUT2D eigenvalue weighted by molar-refractivity contribution is 6.24. The minimum Gasteiger partial charge on any atom is -0.493 e. The number of benzene rings is 4. The van der Waals surface area contributed by atoms with Gasteiger partial charge in [-0.1, -0.05) is 54.6 Å². The second-order valence-corrected chi connectivity index (χ2v) is 9.74. The summed E-state index contributed by atoms with van der Waals surface area (Å²) in [4.78, 5) is 48.0. The summed E-state index contributed by atoms with van der Waals surface area (Å²) < 4.78 is 17.0. The SMILES string of the molecule is CCOc1ccccc1N1C(=O)[C@@H]2[C@H](ON(c3ccccc3)[C@H]2c2ccc(OC(=O)c3ccccc3)c(OC)c2)C1=O. The first-order valence-electron chi connectivity index (χ1n) is 13.6. The summed E-state index contributed by atoms with van der Waals surface area (Å²) in [5.41, 5.74) is 2.09. The van der Waals surface area contributed by atoms with Gasteiger partial charge in [0.05, 0.1) is 36.7 Å². The minimum absolute atomic E-state index is 0.220. The molecule has 0 unspecified atom stereocenters. The van der Waals surface area contributed by atoms with Gasteiger partial charge in [-0.2, -0.15) is 0 Å². The quantitative estimate of drug-likeness (QED) is 0.160. The topological polar surface area (TPSA) is 94.6 Å². The number of hydrogen-bond acceptors (Lipinski definition) is 8. The number of imide groups is 1. The van der Waals surface area contributed by atoms with Crippen molar-refractivity contribution >= 4 is 29.2 Å². The second-order valence-electron chi connectivity index (χ2n) is 9.74. The van der Waals surface area contributed by atoms with E-state index in [0.717, 1.165) is 4.90 Å². The molecule has 0 bridgehead atoms. The Morgan fingerprint density at radius 3 is 2.21 bits per heavy atom. The number of hydrogen-bond donors (Lipinski definition) is 0. The molecule has 2 heterocycles. The summed E-state index contributed by atoms with van der Waals surface area (Å²) in [5, 5.41) is 1.60. The molecule has 9 heteroatoms. The maximum atomic E-state index is 14.1. The van der Waals surface area contributed by atoms with Gasteiger partial charge in [0.1, 0.15) is 11.7 Å². The lowest BCUT2D eigenvalue weighted by Crippen LogP contribution is -2.37. The Morgan fingerprint density at radius 1 is 0.810 bits per heavy atom. The molecule has 42 heavy (non-hydrogen) atoms. The van der Waals surface area contributed by atoms with Crippen molar-refractivity contribution in [2.24, 2.45) is 5.92 Å². The van der Waals surface area contributed by atoms with Gasteiger partial charge in [0.15, 0.2) is 17.6 Å². The summed E-state index contributed by atoms with van der Waals surface area (Å²) in [5.74, 6) is -1.32.